The lowest BCUT2D eigenvalue weighted by Crippen LogP contribution is -2.13. The molecule has 0 amide bonds. The molecule has 30 heavy (non-hydrogen) atoms. The van der Waals surface area contributed by atoms with Gasteiger partial charge in [0.2, 0.25) is 0 Å². The topological polar surface area (TPSA) is 0 Å². The van der Waals surface area contributed by atoms with E-state index in [-0.39, 0.29) is 11.1 Å². The number of rotatable bonds is 5. The Morgan fingerprint density at radius 1 is 0.900 bits per heavy atom. The minimum Gasteiger partial charge on any atom is -0.206 e. The standard InChI is InChI=1S/C26H26ClF3/c1-2-3-4-16-5-7-17(8-6-16)18-9-11-21-19(13-18)10-12-22(26(21)30)20-14-23(28)25(27)24(29)15-20/h9-17H,2-8H2,1H3/t16-,17-. The molecule has 0 heterocycles. The van der Waals surface area contributed by atoms with E-state index in [4.69, 9.17) is 11.6 Å². The van der Waals surface area contributed by atoms with Gasteiger partial charge < -0.3 is 0 Å². The highest BCUT2D eigenvalue weighted by molar-refractivity contribution is 6.31. The summed E-state index contributed by atoms with van der Waals surface area (Å²) in [6, 6.07) is 11.4. The van der Waals surface area contributed by atoms with Crippen molar-refractivity contribution in [1.82, 2.24) is 0 Å². The fourth-order valence-electron chi connectivity index (χ4n) is 4.78. The molecule has 4 rings (SSSR count). The minimum absolute atomic E-state index is 0.142. The van der Waals surface area contributed by atoms with Crippen molar-refractivity contribution in [2.75, 3.05) is 0 Å². The van der Waals surface area contributed by atoms with Crippen LogP contribution >= 0.6 is 11.6 Å². The average Bonchev–Trinajstić information content (AvgIpc) is 2.76. The van der Waals surface area contributed by atoms with E-state index in [1.807, 2.05) is 12.1 Å². The van der Waals surface area contributed by atoms with Crippen molar-refractivity contribution in [1.29, 1.82) is 0 Å². The lowest BCUT2D eigenvalue weighted by Gasteiger charge is -2.29. The Hall–Kier alpha value is -2.00. The fraction of sp³-hybridized carbons (Fsp3) is 0.385. The van der Waals surface area contributed by atoms with Gasteiger partial charge in [0.25, 0.3) is 0 Å². The third-order valence-electron chi connectivity index (χ3n) is 6.56. The Morgan fingerprint density at radius 2 is 1.60 bits per heavy atom. The summed E-state index contributed by atoms with van der Waals surface area (Å²) in [5, 5.41) is 0.703. The first kappa shape index (κ1) is 21.2. The first-order valence-electron chi connectivity index (χ1n) is 10.8. The van der Waals surface area contributed by atoms with E-state index in [1.54, 1.807) is 12.1 Å². The summed E-state index contributed by atoms with van der Waals surface area (Å²) in [5.41, 5.74) is 1.57. The van der Waals surface area contributed by atoms with E-state index < -0.39 is 22.5 Å². The van der Waals surface area contributed by atoms with Crippen molar-refractivity contribution in [2.24, 2.45) is 5.92 Å². The summed E-state index contributed by atoms with van der Waals surface area (Å²) in [4.78, 5) is 0. The smallest absolute Gasteiger partial charge is 0.145 e. The molecule has 0 bridgehead atoms. The van der Waals surface area contributed by atoms with E-state index in [2.05, 4.69) is 13.0 Å². The van der Waals surface area contributed by atoms with Crippen molar-refractivity contribution in [3.63, 3.8) is 0 Å². The zero-order chi connectivity index (χ0) is 21.3. The second kappa shape index (κ2) is 9.01. The fourth-order valence-corrected chi connectivity index (χ4v) is 4.88. The molecule has 0 spiro atoms. The van der Waals surface area contributed by atoms with E-state index in [1.165, 1.54) is 50.5 Å². The Balaban J connectivity index is 1.59. The number of unbranched alkanes of at least 4 members (excludes halogenated alkanes) is 1. The summed E-state index contributed by atoms with van der Waals surface area (Å²) in [7, 11) is 0. The monoisotopic (exact) mass is 430 g/mol. The largest absolute Gasteiger partial charge is 0.206 e. The molecule has 3 aromatic carbocycles. The quantitative estimate of drug-likeness (QED) is 0.354. The summed E-state index contributed by atoms with van der Waals surface area (Å²) in [6.07, 6.45) is 8.81. The van der Waals surface area contributed by atoms with Crippen molar-refractivity contribution in [3.05, 3.63) is 70.5 Å². The first-order chi connectivity index (χ1) is 14.5. The van der Waals surface area contributed by atoms with Crippen molar-refractivity contribution in [3.8, 4) is 11.1 Å². The molecular formula is C26H26ClF3. The number of fused-ring (bicyclic) bond motifs is 1. The van der Waals surface area contributed by atoms with Gasteiger partial charge in [-0.25, -0.2) is 13.2 Å². The van der Waals surface area contributed by atoms with Gasteiger partial charge in [0.1, 0.15) is 22.5 Å². The van der Waals surface area contributed by atoms with Crippen molar-refractivity contribution >= 4 is 22.4 Å². The van der Waals surface area contributed by atoms with Gasteiger partial charge in [-0.3, -0.25) is 0 Å². The van der Waals surface area contributed by atoms with Crippen LogP contribution in [0.3, 0.4) is 0 Å². The van der Waals surface area contributed by atoms with Crippen LogP contribution in [0.15, 0.2) is 42.5 Å². The van der Waals surface area contributed by atoms with Crippen LogP contribution in [-0.4, -0.2) is 0 Å². The maximum absolute atomic E-state index is 15.2. The Morgan fingerprint density at radius 3 is 2.27 bits per heavy atom. The molecule has 0 N–H and O–H groups in total. The van der Waals surface area contributed by atoms with E-state index in [0.29, 0.717) is 11.3 Å². The van der Waals surface area contributed by atoms with Crippen LogP contribution in [0.25, 0.3) is 21.9 Å². The van der Waals surface area contributed by atoms with Crippen molar-refractivity contribution < 1.29 is 13.2 Å². The van der Waals surface area contributed by atoms with Gasteiger partial charge in [-0.2, -0.15) is 0 Å². The number of benzene rings is 3. The number of hydrogen-bond acceptors (Lipinski definition) is 0. The van der Waals surface area contributed by atoms with Crippen LogP contribution in [0.4, 0.5) is 13.2 Å². The zero-order valence-electron chi connectivity index (χ0n) is 17.2. The van der Waals surface area contributed by atoms with Crippen LogP contribution < -0.4 is 0 Å². The van der Waals surface area contributed by atoms with Gasteiger partial charge in [-0.15, -0.1) is 0 Å². The van der Waals surface area contributed by atoms with Gasteiger partial charge in [0, 0.05) is 10.9 Å². The molecule has 158 valence electrons. The second-order valence-corrected chi connectivity index (χ2v) is 8.90. The highest BCUT2D eigenvalue weighted by Crippen LogP contribution is 2.39. The molecular weight excluding hydrogens is 405 g/mol. The van der Waals surface area contributed by atoms with Gasteiger partial charge >= 0.3 is 0 Å². The summed E-state index contributed by atoms with van der Waals surface area (Å²) in [5.74, 6) is -0.883. The average molecular weight is 431 g/mol. The molecule has 1 fully saturated rings. The molecule has 0 aliphatic heterocycles. The van der Waals surface area contributed by atoms with Crippen LogP contribution in [0.5, 0.6) is 0 Å². The van der Waals surface area contributed by atoms with Gasteiger partial charge in [-0.05, 0) is 66.2 Å². The number of halogens is 4. The first-order valence-corrected chi connectivity index (χ1v) is 11.2. The SMILES string of the molecule is CCCC[C@H]1CC[C@H](c2ccc3c(F)c(-c4cc(F)c(Cl)c(F)c4)ccc3c2)CC1. The Labute approximate surface area is 181 Å². The molecule has 3 aromatic rings. The molecule has 0 atom stereocenters. The molecule has 0 nitrogen and oxygen atoms in total. The predicted molar refractivity (Wildman–Crippen MR) is 118 cm³/mol. The van der Waals surface area contributed by atoms with E-state index in [0.717, 1.165) is 23.4 Å². The van der Waals surface area contributed by atoms with Gasteiger partial charge in [0.15, 0.2) is 0 Å². The maximum atomic E-state index is 15.2. The Kier molecular flexibility index (Phi) is 6.38. The zero-order valence-corrected chi connectivity index (χ0v) is 17.9. The molecule has 1 saturated carbocycles. The molecule has 4 heteroatoms. The van der Waals surface area contributed by atoms with Crippen LogP contribution in [0, 0.1) is 23.4 Å². The minimum atomic E-state index is -0.893. The third kappa shape index (κ3) is 4.23. The van der Waals surface area contributed by atoms with Crippen LogP contribution in [0.1, 0.15) is 63.4 Å². The summed E-state index contributed by atoms with van der Waals surface area (Å²) < 4.78 is 42.8. The van der Waals surface area contributed by atoms with E-state index >= 15 is 4.39 Å². The molecule has 0 saturated heterocycles. The lowest BCUT2D eigenvalue weighted by atomic mass is 9.77. The highest BCUT2D eigenvalue weighted by atomic mass is 35.5. The molecule has 0 unspecified atom stereocenters. The predicted octanol–water partition coefficient (Wildman–Crippen LogP) is 9.04. The third-order valence-corrected chi connectivity index (χ3v) is 6.92. The number of hydrogen-bond donors (Lipinski definition) is 0. The summed E-state index contributed by atoms with van der Waals surface area (Å²) in [6.45, 7) is 2.24. The van der Waals surface area contributed by atoms with Crippen molar-refractivity contribution in [2.45, 2.75) is 57.8 Å². The van der Waals surface area contributed by atoms with E-state index in [9.17, 15) is 8.78 Å². The molecule has 1 aliphatic carbocycles. The highest BCUT2D eigenvalue weighted by Gasteiger charge is 2.22. The van der Waals surface area contributed by atoms with Gasteiger partial charge in [-0.1, -0.05) is 68.1 Å². The Bertz CT molecular complexity index is 1030. The van der Waals surface area contributed by atoms with Crippen LogP contribution in [0.2, 0.25) is 5.02 Å². The van der Waals surface area contributed by atoms with Gasteiger partial charge in [0.05, 0.1) is 0 Å². The summed E-state index contributed by atoms with van der Waals surface area (Å²) >= 11 is 5.55. The molecule has 1 aliphatic rings. The lowest BCUT2D eigenvalue weighted by molar-refractivity contribution is 0.304. The normalized spacial score (nSPS) is 19.4. The second-order valence-electron chi connectivity index (χ2n) is 8.52. The maximum Gasteiger partial charge on any atom is 0.145 e. The van der Waals surface area contributed by atoms with Crippen LogP contribution in [-0.2, 0) is 0 Å². The molecule has 0 aromatic heterocycles. The molecule has 0 radical (unpaired) electrons.